The molecular weight excluding hydrogens is 190 g/mol. The van der Waals surface area contributed by atoms with E-state index in [1.165, 1.54) is 6.92 Å². The summed E-state index contributed by atoms with van der Waals surface area (Å²) in [5.41, 5.74) is 0.793. The van der Waals surface area contributed by atoms with Crippen molar-refractivity contribution < 1.29 is 13.6 Å². The molecule has 0 fully saturated rings. The van der Waals surface area contributed by atoms with E-state index in [-0.39, 0.29) is 5.91 Å². The monoisotopic (exact) mass is 201 g/mol. The quantitative estimate of drug-likeness (QED) is 0.652. The third-order valence-corrected chi connectivity index (χ3v) is 2.46. The van der Waals surface area contributed by atoms with Crippen molar-refractivity contribution in [2.24, 2.45) is 0 Å². The zero-order chi connectivity index (χ0) is 9.84. The molecule has 0 aliphatic heterocycles. The van der Waals surface area contributed by atoms with Gasteiger partial charge in [-0.1, -0.05) is 0 Å². The Morgan fingerprint density at radius 2 is 2.23 bits per heavy atom. The highest BCUT2D eigenvalue weighted by Gasteiger charge is 2.10. The summed E-state index contributed by atoms with van der Waals surface area (Å²) in [7, 11) is 0. The molecule has 0 bridgehead atoms. The summed E-state index contributed by atoms with van der Waals surface area (Å²) in [6, 6.07) is 0. The Morgan fingerprint density at radius 3 is 2.62 bits per heavy atom. The van der Waals surface area contributed by atoms with Gasteiger partial charge in [0.25, 0.3) is 0 Å². The van der Waals surface area contributed by atoms with Crippen LogP contribution in [0.3, 0.4) is 0 Å². The molecule has 13 heavy (non-hydrogen) atoms. The summed E-state index contributed by atoms with van der Waals surface area (Å²) >= 11 is -1.88. The number of carbonyl (C=O) groups excluding carboxylic acids is 1. The Hall–Kier alpha value is -0.940. The summed E-state index contributed by atoms with van der Waals surface area (Å²) in [5, 5.41) is 2.64. The van der Waals surface area contributed by atoms with Gasteiger partial charge < -0.3 is 9.87 Å². The van der Waals surface area contributed by atoms with Crippen LogP contribution in [0.4, 0.5) is 0 Å². The Labute approximate surface area is 79.0 Å². The van der Waals surface area contributed by atoms with E-state index in [4.69, 9.17) is 4.55 Å². The van der Waals surface area contributed by atoms with Crippen LogP contribution in [0.2, 0.25) is 0 Å². The molecular formula is C8H11NO3S. The smallest absolute Gasteiger partial charge is 0.220 e. The molecule has 1 rings (SSSR count). The SMILES string of the molecule is CC(=O)NC1=CC=C(S(=O)O)CC1. The number of carbonyl (C=O) groups is 1. The van der Waals surface area contributed by atoms with Crippen molar-refractivity contribution >= 4 is 17.0 Å². The van der Waals surface area contributed by atoms with Crippen molar-refractivity contribution in [3.63, 3.8) is 0 Å². The molecule has 2 N–H and O–H groups in total. The molecule has 5 heteroatoms. The molecule has 1 unspecified atom stereocenters. The van der Waals surface area contributed by atoms with Crippen molar-refractivity contribution in [3.8, 4) is 0 Å². The maximum absolute atomic E-state index is 10.6. The molecule has 0 saturated heterocycles. The van der Waals surface area contributed by atoms with Gasteiger partial charge in [0.15, 0.2) is 11.1 Å². The number of nitrogens with one attached hydrogen (secondary N) is 1. The summed E-state index contributed by atoms with van der Waals surface area (Å²) in [5.74, 6) is -0.117. The molecule has 0 radical (unpaired) electrons. The van der Waals surface area contributed by atoms with E-state index < -0.39 is 11.1 Å². The van der Waals surface area contributed by atoms with Gasteiger partial charge in [-0.05, 0) is 25.0 Å². The lowest BCUT2D eigenvalue weighted by Crippen LogP contribution is -2.20. The second-order valence-corrected chi connectivity index (χ2v) is 3.78. The van der Waals surface area contributed by atoms with Crippen LogP contribution in [0.1, 0.15) is 19.8 Å². The van der Waals surface area contributed by atoms with Crippen molar-refractivity contribution in [2.75, 3.05) is 0 Å². The standard InChI is InChI=1S/C8H11NO3S/c1-6(10)9-7-2-4-8(5-3-7)13(11)12/h2,4H,3,5H2,1H3,(H,9,10)(H,11,12). The molecule has 0 saturated carbocycles. The van der Waals surface area contributed by atoms with Gasteiger partial charge in [-0.2, -0.15) is 0 Å². The van der Waals surface area contributed by atoms with Crippen LogP contribution in [0, 0.1) is 0 Å². The van der Waals surface area contributed by atoms with E-state index in [9.17, 15) is 9.00 Å². The minimum absolute atomic E-state index is 0.117. The predicted molar refractivity (Wildman–Crippen MR) is 50.0 cm³/mol. The first-order chi connectivity index (χ1) is 6.09. The molecule has 0 spiro atoms. The Morgan fingerprint density at radius 1 is 1.54 bits per heavy atom. The Kier molecular flexibility index (Phi) is 3.39. The minimum Gasteiger partial charge on any atom is -0.330 e. The van der Waals surface area contributed by atoms with Crippen LogP contribution < -0.4 is 5.32 Å². The number of hydrogen-bond acceptors (Lipinski definition) is 2. The number of hydrogen-bond donors (Lipinski definition) is 2. The summed E-state index contributed by atoms with van der Waals surface area (Å²) in [6.07, 6.45) is 4.37. The van der Waals surface area contributed by atoms with Crippen LogP contribution in [-0.2, 0) is 15.9 Å². The van der Waals surface area contributed by atoms with Crippen LogP contribution in [0.5, 0.6) is 0 Å². The lowest BCUT2D eigenvalue weighted by molar-refractivity contribution is -0.118. The van der Waals surface area contributed by atoms with Gasteiger partial charge in [-0.3, -0.25) is 4.79 Å². The molecule has 0 heterocycles. The molecule has 0 aromatic carbocycles. The van der Waals surface area contributed by atoms with Crippen LogP contribution in [0.15, 0.2) is 22.8 Å². The Bertz CT molecular complexity index is 307. The molecule has 0 aromatic rings. The second kappa shape index (κ2) is 4.34. The average molecular weight is 201 g/mol. The van der Waals surface area contributed by atoms with Crippen LogP contribution in [-0.4, -0.2) is 14.7 Å². The fourth-order valence-electron chi connectivity index (χ4n) is 1.09. The Balaban J connectivity index is 2.65. The lowest BCUT2D eigenvalue weighted by atomic mass is 10.1. The third kappa shape index (κ3) is 3.12. The minimum atomic E-state index is -1.88. The summed E-state index contributed by atoms with van der Waals surface area (Å²) in [6.45, 7) is 1.43. The van der Waals surface area contributed by atoms with Crippen molar-refractivity contribution in [2.45, 2.75) is 19.8 Å². The maximum atomic E-state index is 10.6. The van der Waals surface area contributed by atoms with Gasteiger partial charge in [0.2, 0.25) is 5.91 Å². The number of rotatable bonds is 2. The van der Waals surface area contributed by atoms with Crippen LogP contribution in [0.25, 0.3) is 0 Å². The average Bonchev–Trinajstić information content (AvgIpc) is 2.04. The molecule has 4 nitrogen and oxygen atoms in total. The van der Waals surface area contributed by atoms with E-state index in [0.717, 1.165) is 5.70 Å². The maximum Gasteiger partial charge on any atom is 0.220 e. The predicted octanol–water partition coefficient (Wildman–Crippen LogP) is 0.906. The third-order valence-electron chi connectivity index (χ3n) is 1.67. The van der Waals surface area contributed by atoms with Crippen molar-refractivity contribution in [1.29, 1.82) is 0 Å². The van der Waals surface area contributed by atoms with Crippen molar-refractivity contribution in [1.82, 2.24) is 5.32 Å². The van der Waals surface area contributed by atoms with Gasteiger partial charge in [0, 0.05) is 17.5 Å². The van der Waals surface area contributed by atoms with Crippen LogP contribution >= 0.6 is 0 Å². The largest absolute Gasteiger partial charge is 0.330 e. The molecule has 1 aliphatic carbocycles. The molecule has 1 amide bonds. The molecule has 1 aliphatic rings. The first-order valence-corrected chi connectivity index (χ1v) is 4.98. The highest BCUT2D eigenvalue weighted by atomic mass is 32.2. The summed E-state index contributed by atoms with van der Waals surface area (Å²) in [4.78, 5) is 11.1. The lowest BCUT2D eigenvalue weighted by Gasteiger charge is -2.12. The van der Waals surface area contributed by atoms with Gasteiger partial charge >= 0.3 is 0 Å². The van der Waals surface area contributed by atoms with E-state index in [1.54, 1.807) is 12.2 Å². The zero-order valence-electron chi connectivity index (χ0n) is 7.24. The fraction of sp³-hybridized carbons (Fsp3) is 0.375. The van der Waals surface area contributed by atoms with Gasteiger partial charge in [-0.25, -0.2) is 4.21 Å². The van der Waals surface area contributed by atoms with E-state index >= 15 is 0 Å². The first kappa shape index (κ1) is 10.1. The zero-order valence-corrected chi connectivity index (χ0v) is 8.06. The molecule has 72 valence electrons. The normalized spacial score (nSPS) is 18.6. The molecule has 0 aromatic heterocycles. The van der Waals surface area contributed by atoms with Gasteiger partial charge in [0.05, 0.1) is 0 Å². The fourth-order valence-corrected chi connectivity index (χ4v) is 1.55. The van der Waals surface area contributed by atoms with E-state index in [1.807, 2.05) is 0 Å². The van der Waals surface area contributed by atoms with E-state index in [0.29, 0.717) is 17.7 Å². The first-order valence-electron chi connectivity index (χ1n) is 3.88. The second-order valence-electron chi connectivity index (χ2n) is 2.76. The number of amides is 1. The summed E-state index contributed by atoms with van der Waals surface area (Å²) < 4.78 is 19.3. The van der Waals surface area contributed by atoms with E-state index in [2.05, 4.69) is 5.32 Å². The molecule has 1 atom stereocenters. The highest BCUT2D eigenvalue weighted by molar-refractivity contribution is 7.83. The van der Waals surface area contributed by atoms with Crippen molar-refractivity contribution in [3.05, 3.63) is 22.8 Å². The van der Waals surface area contributed by atoms with Gasteiger partial charge in [-0.15, -0.1) is 0 Å². The number of allylic oxidation sites excluding steroid dienone is 4. The topological polar surface area (TPSA) is 66.4 Å². The highest BCUT2D eigenvalue weighted by Crippen LogP contribution is 2.18. The van der Waals surface area contributed by atoms with Gasteiger partial charge in [0.1, 0.15) is 0 Å².